The third kappa shape index (κ3) is 7.07. The monoisotopic (exact) mass is 486 g/mol. The van der Waals surface area contributed by atoms with E-state index in [2.05, 4.69) is 19.1 Å². The van der Waals surface area contributed by atoms with Gasteiger partial charge in [-0.25, -0.2) is 4.79 Å². The van der Waals surface area contributed by atoms with Gasteiger partial charge in [-0.1, -0.05) is 62.6 Å². The highest BCUT2D eigenvalue weighted by molar-refractivity contribution is 6.21. The minimum Gasteiger partial charge on any atom is -0.462 e. The molecule has 2 aromatic rings. The highest BCUT2D eigenvalue weighted by Crippen LogP contribution is 2.45. The van der Waals surface area contributed by atoms with Crippen LogP contribution in [0.25, 0.3) is 0 Å². The number of carbonyl (C=O) groups is 1. The molecule has 0 bridgehead atoms. The van der Waals surface area contributed by atoms with E-state index in [9.17, 15) is 15.0 Å². The Morgan fingerprint density at radius 3 is 2.59 bits per heavy atom. The van der Waals surface area contributed by atoms with E-state index < -0.39 is 12.2 Å². The van der Waals surface area contributed by atoms with Crippen molar-refractivity contribution in [1.82, 2.24) is 0 Å². The van der Waals surface area contributed by atoms with E-state index in [0.717, 1.165) is 61.6 Å². The topological polar surface area (TPSA) is 66.8 Å². The number of carbonyl (C=O) groups excluding carboxylic acids is 1. The molecule has 0 amide bonds. The van der Waals surface area contributed by atoms with Crippen molar-refractivity contribution in [2.75, 3.05) is 6.61 Å². The molecule has 0 aliphatic heterocycles. The third-order valence-corrected chi connectivity index (χ3v) is 7.54. The lowest BCUT2D eigenvalue weighted by Gasteiger charge is -2.24. The van der Waals surface area contributed by atoms with Crippen LogP contribution < -0.4 is 0 Å². The minimum absolute atomic E-state index is 0.000324. The molecule has 0 aromatic heterocycles. The SMILES string of the molecule is CCCCCC(O)c1ccc([C@@H]2[C@@H](CCCc3cccc(C(=O)OCC)c3)[C@H](Cl)C[C@H]2O)cc1. The van der Waals surface area contributed by atoms with Gasteiger partial charge in [-0.15, -0.1) is 11.6 Å². The molecule has 2 N–H and O–H groups in total. The molecule has 0 heterocycles. The number of ether oxygens (including phenoxy) is 1. The van der Waals surface area contributed by atoms with E-state index in [0.29, 0.717) is 18.6 Å². The fraction of sp³-hybridized carbons (Fsp3) is 0.552. The standard InChI is InChI=1S/C29H39ClO4/c1-3-5-6-13-26(31)21-14-16-22(17-15-21)28-24(25(30)19-27(28)32)12-8-10-20-9-7-11-23(18-20)29(33)34-4-2/h7,9,11,14-18,24-28,31-32H,3-6,8,10,12-13,19H2,1-2H3/t24-,25+,26?,27+,28+/m0/s1. The maximum Gasteiger partial charge on any atom is 0.338 e. The maximum atomic E-state index is 12.0. The van der Waals surface area contributed by atoms with Crippen molar-refractivity contribution in [2.45, 2.75) is 88.7 Å². The zero-order chi connectivity index (χ0) is 24.5. The summed E-state index contributed by atoms with van der Waals surface area (Å²) in [5, 5.41) is 21.2. The summed E-state index contributed by atoms with van der Waals surface area (Å²) < 4.78 is 5.11. The molecule has 0 radical (unpaired) electrons. The third-order valence-electron chi connectivity index (χ3n) is 7.04. The van der Waals surface area contributed by atoms with Crippen LogP contribution in [0.1, 0.15) is 97.9 Å². The second-order valence-electron chi connectivity index (χ2n) is 9.50. The highest BCUT2D eigenvalue weighted by atomic mass is 35.5. The molecule has 1 fully saturated rings. The molecule has 0 spiro atoms. The molecule has 2 aromatic carbocycles. The summed E-state index contributed by atoms with van der Waals surface area (Å²) in [4.78, 5) is 12.0. The van der Waals surface area contributed by atoms with E-state index in [-0.39, 0.29) is 23.2 Å². The van der Waals surface area contributed by atoms with Gasteiger partial charge in [-0.05, 0) is 73.8 Å². The van der Waals surface area contributed by atoms with Gasteiger partial charge < -0.3 is 14.9 Å². The number of hydrogen-bond donors (Lipinski definition) is 2. The van der Waals surface area contributed by atoms with Crippen LogP contribution >= 0.6 is 11.6 Å². The zero-order valence-corrected chi connectivity index (χ0v) is 21.2. The molecule has 34 heavy (non-hydrogen) atoms. The Morgan fingerprint density at radius 2 is 1.88 bits per heavy atom. The number of unbranched alkanes of at least 4 members (excludes halogenated alkanes) is 2. The van der Waals surface area contributed by atoms with Crippen LogP contribution in [-0.4, -0.2) is 34.3 Å². The van der Waals surface area contributed by atoms with Crippen molar-refractivity contribution >= 4 is 17.6 Å². The second kappa shape index (κ2) is 13.3. The average Bonchev–Trinajstić information content (AvgIpc) is 3.12. The van der Waals surface area contributed by atoms with Gasteiger partial charge >= 0.3 is 5.97 Å². The van der Waals surface area contributed by atoms with Crippen molar-refractivity contribution in [1.29, 1.82) is 0 Å². The van der Waals surface area contributed by atoms with Gasteiger partial charge in [-0.3, -0.25) is 0 Å². The number of aryl methyl sites for hydroxylation is 1. The summed E-state index contributed by atoms with van der Waals surface area (Å²) in [5.74, 6) is -0.104. The fourth-order valence-corrected chi connectivity index (χ4v) is 5.66. The fourth-order valence-electron chi connectivity index (χ4n) is 5.20. The van der Waals surface area contributed by atoms with Crippen LogP contribution in [0.4, 0.5) is 0 Å². The number of esters is 1. The predicted octanol–water partition coefficient (Wildman–Crippen LogP) is 6.57. The Kier molecular flexibility index (Phi) is 10.4. The number of alkyl halides is 1. The van der Waals surface area contributed by atoms with Gasteiger partial charge in [-0.2, -0.15) is 0 Å². The van der Waals surface area contributed by atoms with Crippen LogP contribution in [0.3, 0.4) is 0 Å². The lowest BCUT2D eigenvalue weighted by Crippen LogP contribution is -2.19. The predicted molar refractivity (Wildman–Crippen MR) is 137 cm³/mol. The first-order chi connectivity index (χ1) is 16.4. The largest absolute Gasteiger partial charge is 0.462 e. The lowest BCUT2D eigenvalue weighted by molar-refractivity contribution is 0.0526. The summed E-state index contributed by atoms with van der Waals surface area (Å²) in [6.07, 6.45) is 6.46. The number of aliphatic hydroxyl groups excluding tert-OH is 2. The Hall–Kier alpha value is -1.88. The summed E-state index contributed by atoms with van der Waals surface area (Å²) in [7, 11) is 0. The van der Waals surface area contributed by atoms with Crippen LogP contribution in [0.5, 0.6) is 0 Å². The molecule has 1 unspecified atom stereocenters. The van der Waals surface area contributed by atoms with Crippen LogP contribution in [0, 0.1) is 5.92 Å². The second-order valence-corrected chi connectivity index (χ2v) is 10.1. The molecule has 1 saturated carbocycles. The van der Waals surface area contributed by atoms with Crippen LogP contribution in [-0.2, 0) is 11.2 Å². The number of hydrogen-bond acceptors (Lipinski definition) is 4. The van der Waals surface area contributed by atoms with Crippen LogP contribution in [0.2, 0.25) is 0 Å². The molecule has 1 aliphatic carbocycles. The van der Waals surface area contributed by atoms with Gasteiger partial charge in [0, 0.05) is 11.3 Å². The van der Waals surface area contributed by atoms with Crippen molar-refractivity contribution in [3.8, 4) is 0 Å². The molecular weight excluding hydrogens is 448 g/mol. The van der Waals surface area contributed by atoms with E-state index in [1.807, 2.05) is 30.3 Å². The number of benzene rings is 2. The minimum atomic E-state index is -0.458. The Balaban J connectivity index is 1.61. The van der Waals surface area contributed by atoms with Gasteiger partial charge in [0.2, 0.25) is 0 Å². The Labute approximate surface area is 209 Å². The first-order valence-electron chi connectivity index (χ1n) is 12.8. The number of aliphatic hydroxyl groups is 2. The van der Waals surface area contributed by atoms with E-state index in [1.54, 1.807) is 13.0 Å². The first kappa shape index (κ1) is 26.7. The maximum absolute atomic E-state index is 12.0. The molecule has 5 heteroatoms. The van der Waals surface area contributed by atoms with Gasteiger partial charge in [0.05, 0.1) is 24.4 Å². The molecule has 1 aliphatic rings. The smallest absolute Gasteiger partial charge is 0.338 e. The average molecular weight is 487 g/mol. The summed E-state index contributed by atoms with van der Waals surface area (Å²) in [6.45, 7) is 4.33. The van der Waals surface area contributed by atoms with E-state index in [1.165, 1.54) is 0 Å². The number of halogens is 1. The Bertz CT molecular complexity index is 897. The van der Waals surface area contributed by atoms with Crippen molar-refractivity contribution in [2.24, 2.45) is 5.92 Å². The lowest BCUT2D eigenvalue weighted by atomic mass is 9.83. The van der Waals surface area contributed by atoms with Gasteiger partial charge in [0.1, 0.15) is 0 Å². The summed E-state index contributed by atoms with van der Waals surface area (Å²) in [5.41, 5.74) is 3.72. The number of rotatable bonds is 12. The molecule has 4 nitrogen and oxygen atoms in total. The summed E-state index contributed by atoms with van der Waals surface area (Å²) >= 11 is 6.69. The molecule has 3 rings (SSSR count). The van der Waals surface area contributed by atoms with E-state index >= 15 is 0 Å². The Morgan fingerprint density at radius 1 is 1.12 bits per heavy atom. The van der Waals surface area contributed by atoms with E-state index in [4.69, 9.17) is 16.3 Å². The molecule has 0 saturated heterocycles. The van der Waals surface area contributed by atoms with Crippen molar-refractivity contribution < 1.29 is 19.7 Å². The van der Waals surface area contributed by atoms with Gasteiger partial charge in [0.25, 0.3) is 0 Å². The van der Waals surface area contributed by atoms with Gasteiger partial charge in [0.15, 0.2) is 0 Å². The van der Waals surface area contributed by atoms with Crippen molar-refractivity contribution in [3.05, 3.63) is 70.8 Å². The van der Waals surface area contributed by atoms with Crippen LogP contribution in [0.15, 0.2) is 48.5 Å². The first-order valence-corrected chi connectivity index (χ1v) is 13.2. The summed E-state index contributed by atoms with van der Waals surface area (Å²) in [6, 6.07) is 15.7. The zero-order valence-electron chi connectivity index (χ0n) is 20.5. The molecular formula is C29H39ClO4. The molecule has 5 atom stereocenters. The quantitative estimate of drug-likeness (QED) is 0.202. The molecule has 186 valence electrons. The van der Waals surface area contributed by atoms with Crippen molar-refractivity contribution in [3.63, 3.8) is 0 Å². The highest BCUT2D eigenvalue weighted by Gasteiger charge is 2.41. The normalized spacial score (nSPS) is 23.1.